The second kappa shape index (κ2) is 44.9. The molecule has 10 aliphatic heterocycles. The number of ether oxygens (including phenoxy) is 8. The summed E-state index contributed by atoms with van der Waals surface area (Å²) >= 11 is 0. The zero-order valence-corrected chi connectivity index (χ0v) is 83.8. The van der Waals surface area contributed by atoms with Crippen LogP contribution in [-0.2, 0) is 111 Å². The molecular formula is C94H124N16O23S6. The Balaban J connectivity index is 0.000000141. The fourth-order valence-corrected chi connectivity index (χ4v) is 24.1. The van der Waals surface area contributed by atoms with Crippen molar-refractivity contribution in [3.63, 3.8) is 0 Å². The number of amidine groups is 6. The first kappa shape index (κ1) is 105. The molecule has 754 valence electrons. The van der Waals surface area contributed by atoms with Crippen molar-refractivity contribution in [2.24, 2.45) is 78.5 Å². The van der Waals surface area contributed by atoms with Gasteiger partial charge in [-0.1, -0.05) is 105 Å². The second-order valence-corrected chi connectivity index (χ2v) is 47.4. The quantitative estimate of drug-likeness (QED) is 0.0420. The molecule has 2 amide bonds. The number of nitrogens with one attached hydrogen (secondary N) is 2. The Kier molecular flexibility index (Phi) is 33.8. The smallest absolute Gasteiger partial charge is 0.410 e. The summed E-state index contributed by atoms with van der Waals surface area (Å²) in [6.07, 6.45) is 15.6. The summed E-state index contributed by atoms with van der Waals surface area (Å²) in [6.45, 7) is 21.2. The second-order valence-electron chi connectivity index (χ2n) is 37.6. The maximum absolute atomic E-state index is 12.3. The van der Waals surface area contributed by atoms with Crippen LogP contribution in [0.4, 0.5) is 9.59 Å². The van der Waals surface area contributed by atoms with Gasteiger partial charge in [0.05, 0.1) is 101 Å². The van der Waals surface area contributed by atoms with Crippen molar-refractivity contribution in [3.05, 3.63) is 200 Å². The van der Waals surface area contributed by atoms with Crippen molar-refractivity contribution >= 4 is 107 Å². The van der Waals surface area contributed by atoms with E-state index < -0.39 is 71.3 Å². The van der Waals surface area contributed by atoms with Crippen LogP contribution in [0.1, 0.15) is 210 Å². The molecule has 4 saturated heterocycles. The van der Waals surface area contributed by atoms with E-state index in [0.29, 0.717) is 179 Å². The highest BCUT2D eigenvalue weighted by Crippen LogP contribution is 2.38. The summed E-state index contributed by atoms with van der Waals surface area (Å²) < 4.78 is 213. The minimum atomic E-state index is -3.59. The lowest BCUT2D eigenvalue weighted by molar-refractivity contribution is 0.00757. The van der Waals surface area contributed by atoms with Gasteiger partial charge in [-0.3, -0.25) is 0 Å². The maximum atomic E-state index is 12.3. The van der Waals surface area contributed by atoms with Gasteiger partial charge in [0.2, 0.25) is 0 Å². The molecular weight excluding hydrogens is 1910 g/mol. The summed E-state index contributed by atoms with van der Waals surface area (Å²) in [5.41, 5.74) is 42.0. The largest absolute Gasteiger partial charge is 0.493 e. The number of carbonyl (C=O) groups excluding carboxylic acids is 2. The molecule has 1 unspecified atom stereocenters. The zero-order chi connectivity index (χ0) is 100.0. The molecule has 11 aliphatic rings. The third-order valence-electron chi connectivity index (χ3n) is 23.9. The molecule has 7 aromatic rings. The minimum Gasteiger partial charge on any atom is -0.493 e. The van der Waals surface area contributed by atoms with E-state index >= 15 is 0 Å². The fourth-order valence-electron chi connectivity index (χ4n) is 17.6. The lowest BCUT2D eigenvalue weighted by Crippen LogP contribution is -2.46. The van der Waals surface area contributed by atoms with Crippen LogP contribution < -0.4 is 73.5 Å². The molecule has 2 atom stereocenters. The van der Waals surface area contributed by atoms with E-state index in [1.54, 1.807) is 101 Å². The van der Waals surface area contributed by atoms with E-state index in [4.69, 9.17) is 76.7 Å². The van der Waals surface area contributed by atoms with Gasteiger partial charge in [-0.15, -0.1) is 26.4 Å². The van der Waals surface area contributed by atoms with Crippen molar-refractivity contribution in [3.8, 4) is 34.5 Å². The Labute approximate surface area is 812 Å². The number of hydrogen-bond donors (Lipinski definition) is 8. The van der Waals surface area contributed by atoms with Crippen LogP contribution in [-0.4, -0.2) is 203 Å². The lowest BCUT2D eigenvalue weighted by atomic mass is 9.87. The van der Waals surface area contributed by atoms with Crippen molar-refractivity contribution in [2.45, 2.75) is 203 Å². The van der Waals surface area contributed by atoms with E-state index in [-0.39, 0.29) is 93.9 Å². The molecule has 139 heavy (non-hydrogen) atoms. The lowest BCUT2D eigenvalue weighted by Gasteiger charge is -2.34. The summed E-state index contributed by atoms with van der Waals surface area (Å²) in [5.74, 6) is 5.02. The van der Waals surface area contributed by atoms with Crippen LogP contribution >= 0.6 is 0 Å². The predicted molar refractivity (Wildman–Crippen MR) is 528 cm³/mol. The molecule has 0 radical (unpaired) electrons. The number of nitrogens with zero attached hydrogens (tertiary/aromatic N) is 8. The van der Waals surface area contributed by atoms with Gasteiger partial charge in [0.15, 0.2) is 0 Å². The number of hydrogen-bond acceptors (Lipinski definition) is 31. The van der Waals surface area contributed by atoms with Gasteiger partial charge in [-0.05, 0) is 201 Å². The van der Waals surface area contributed by atoms with Gasteiger partial charge in [0, 0.05) is 50.5 Å². The molecule has 45 heteroatoms. The SMILES string of the molecule is CC(C)(C)OC(=O)N1CCC(Oc2cccc3c2C(N)=NS(=O)(=O)C3)CC1.CC(C)(C)OC(=O)N1CCC[C@@H](Oc2cccc3c2C(N)=NS(=O)(=O)C3)C1.Cc1cc(COc2cccc3c2C(N)=NS(=O)(=O)C3)co1.NC1=NS(=O)(=O)Cc2cccc(OCC3CCCNC3)c21.NC1=NS(=O)(=O)Cc2cccc(OCC3CCNCC3)c21.NC1=NS(=O)(=O)Cc2cccc(OCCC3CCCCC3)c21. The molecule has 1 aromatic heterocycles. The van der Waals surface area contributed by atoms with Gasteiger partial charge >= 0.3 is 12.2 Å². The topological polar surface area (TPSA) is 587 Å². The molecule has 18 rings (SSSR count). The Morgan fingerprint density at radius 1 is 0.388 bits per heavy atom. The highest BCUT2D eigenvalue weighted by Gasteiger charge is 2.37. The van der Waals surface area contributed by atoms with Crippen LogP contribution in [0, 0.1) is 24.7 Å². The standard InChI is InChI=1S/2C18H25N3O5S.C16H22N2O3S.2C14H19N3O3S.C14H14N2O4S/c1-18(2,3)26-17(22)21-9-5-7-13(10-21)25-14-8-4-6-12-11-27(23,24)20-16(19)15(12)14;1-18(2,3)26-17(22)21-9-7-13(8-10-21)25-14-6-4-5-12-11-27(23,24)20-16(19)15(12)14;17-16-15-13(11-22(19,20)18-16)7-4-8-14(15)21-10-9-12-5-2-1-3-6-12;15-14-13-11(9-21(18,19)17-14)4-1-5-12(13)20-8-10-3-2-6-16-7-10;15-14-13-11(9-21(18,19)17-14)2-1-3-12(13)20-8-10-4-6-16-7-5-10;1-9-5-10(6-19-9)7-20-12-4-2-3-11-8-21(17,18)16-14(15)13(11)12/h4,6,8,13H,5,7,9-11H2,1-3H3,(H2,19,20);4-6,13H,7-11H2,1-3H3,(H2,19,20);4,7-8,12H,1-3,5-6,9-11H2,(H2,17,18);1,4-5,10,16H,2-3,6-9H2,(H2,15,17);1-3,10,16H,4-9H2,(H2,15,17);2-6H,7-8H2,1H3,(H2,15,16)/t13-;;;;;/m1...../s1. The highest BCUT2D eigenvalue weighted by atomic mass is 32.2. The Morgan fingerprint density at radius 3 is 1.13 bits per heavy atom. The summed E-state index contributed by atoms with van der Waals surface area (Å²) in [6, 6.07) is 33.6. The number of rotatable bonds is 17. The monoisotopic (exact) mass is 2040 g/mol. The van der Waals surface area contributed by atoms with Gasteiger partial charge in [-0.2, -0.15) is 0 Å². The number of amides is 2. The van der Waals surface area contributed by atoms with Gasteiger partial charge < -0.3 is 97.1 Å². The summed E-state index contributed by atoms with van der Waals surface area (Å²) in [5, 5.41) is 6.66. The third-order valence-corrected chi connectivity index (χ3v) is 30.8. The van der Waals surface area contributed by atoms with Crippen LogP contribution in [0.5, 0.6) is 34.5 Å². The average molecular weight is 2040 g/mol. The van der Waals surface area contributed by atoms with Crippen LogP contribution in [0.15, 0.2) is 152 Å². The molecule has 6 aromatic carbocycles. The first-order valence-corrected chi connectivity index (χ1v) is 55.8. The van der Waals surface area contributed by atoms with Crippen LogP contribution in [0.3, 0.4) is 0 Å². The average Bonchev–Trinajstić information content (AvgIpc) is 0.908. The van der Waals surface area contributed by atoms with E-state index in [2.05, 4.69) is 37.0 Å². The molecule has 1 saturated carbocycles. The van der Waals surface area contributed by atoms with E-state index in [1.165, 1.54) is 32.1 Å². The van der Waals surface area contributed by atoms with Crippen molar-refractivity contribution in [1.82, 2.24) is 20.4 Å². The first-order chi connectivity index (χ1) is 65.7. The zero-order valence-electron chi connectivity index (χ0n) is 78.9. The predicted octanol–water partition coefficient (Wildman–Crippen LogP) is 9.55. The molecule has 0 bridgehead atoms. The van der Waals surface area contributed by atoms with Gasteiger partial charge in [0.25, 0.3) is 60.1 Å². The molecule has 1 aliphatic carbocycles. The van der Waals surface area contributed by atoms with E-state index in [9.17, 15) is 60.1 Å². The number of sulfonamides is 6. The van der Waals surface area contributed by atoms with Crippen LogP contribution in [0.2, 0.25) is 0 Å². The van der Waals surface area contributed by atoms with Crippen LogP contribution in [0.25, 0.3) is 0 Å². The summed E-state index contributed by atoms with van der Waals surface area (Å²) in [7, 11) is -21.2. The number of piperidine rings is 4. The molecule has 39 nitrogen and oxygen atoms in total. The van der Waals surface area contributed by atoms with Gasteiger partial charge in [0.1, 0.15) is 105 Å². The Bertz CT molecular complexity index is 6470. The Hall–Kier alpha value is -11.6. The number of aryl methyl sites for hydroxylation is 1. The van der Waals surface area contributed by atoms with Crippen molar-refractivity contribution < 1.29 is 102 Å². The van der Waals surface area contributed by atoms with Gasteiger partial charge in [-0.25, -0.2) is 60.1 Å². The number of furan rings is 1. The third kappa shape index (κ3) is 29.7. The molecule has 5 fully saturated rings. The van der Waals surface area contributed by atoms with Crippen molar-refractivity contribution in [2.75, 3.05) is 72.2 Å². The summed E-state index contributed by atoms with van der Waals surface area (Å²) in [4.78, 5) is 27.8. The normalized spacial score (nSPS) is 20.7. The fraction of sp³-hybridized carbons (Fsp3) is 0.489. The first-order valence-electron chi connectivity index (χ1n) is 46.2. The Morgan fingerprint density at radius 2 is 0.748 bits per heavy atom. The number of fused-ring (bicyclic) bond motifs is 6. The molecule has 11 heterocycles. The van der Waals surface area contributed by atoms with E-state index in [0.717, 1.165) is 88.4 Å². The van der Waals surface area contributed by atoms with E-state index in [1.807, 2.05) is 78.8 Å². The highest BCUT2D eigenvalue weighted by molar-refractivity contribution is 7.91. The molecule has 14 N–H and O–H groups in total. The number of likely N-dealkylation sites (tertiary alicyclic amines) is 2. The number of nitrogens with two attached hydrogens (primary N) is 6. The minimum absolute atomic E-state index is 0.0219. The molecule has 0 spiro atoms. The maximum Gasteiger partial charge on any atom is 0.410 e. The number of benzene rings is 6. The van der Waals surface area contributed by atoms with Crippen molar-refractivity contribution in [1.29, 1.82) is 0 Å². The number of carbonyl (C=O) groups is 2.